The standard InChI is InChI=1S/C15H9ClN2O2S/c16-15-12-8-4-5-9-13(12)18(14(15)10-17)21(19,20)11-6-2-1-3-7-11/h1-9H. The molecule has 0 unspecified atom stereocenters. The van der Waals surface area contributed by atoms with E-state index in [2.05, 4.69) is 0 Å². The van der Waals surface area contributed by atoms with Gasteiger partial charge >= 0.3 is 0 Å². The molecule has 2 aromatic carbocycles. The molecule has 21 heavy (non-hydrogen) atoms. The van der Waals surface area contributed by atoms with Gasteiger partial charge in [-0.1, -0.05) is 48.0 Å². The van der Waals surface area contributed by atoms with Gasteiger partial charge < -0.3 is 0 Å². The third-order valence-electron chi connectivity index (χ3n) is 3.16. The first-order chi connectivity index (χ1) is 10.1. The lowest BCUT2D eigenvalue weighted by Crippen LogP contribution is -2.14. The van der Waals surface area contributed by atoms with Crippen LogP contribution >= 0.6 is 11.6 Å². The van der Waals surface area contributed by atoms with Crippen LogP contribution in [0.2, 0.25) is 5.02 Å². The summed E-state index contributed by atoms with van der Waals surface area (Å²) in [5, 5.41) is 9.97. The molecule has 0 aliphatic carbocycles. The van der Waals surface area contributed by atoms with Crippen molar-refractivity contribution in [2.24, 2.45) is 0 Å². The van der Waals surface area contributed by atoms with E-state index in [9.17, 15) is 13.7 Å². The molecule has 3 rings (SSSR count). The highest BCUT2D eigenvalue weighted by molar-refractivity contribution is 7.90. The molecule has 0 radical (unpaired) electrons. The van der Waals surface area contributed by atoms with Gasteiger partial charge in [-0.05, 0) is 18.2 Å². The van der Waals surface area contributed by atoms with Gasteiger partial charge in [-0.15, -0.1) is 0 Å². The van der Waals surface area contributed by atoms with Gasteiger partial charge in [0.2, 0.25) is 0 Å². The zero-order valence-corrected chi connectivity index (χ0v) is 12.3. The predicted molar refractivity (Wildman–Crippen MR) is 80.7 cm³/mol. The third kappa shape index (κ3) is 2.00. The normalized spacial score (nSPS) is 11.4. The molecule has 0 aliphatic rings. The van der Waals surface area contributed by atoms with E-state index >= 15 is 0 Å². The minimum Gasteiger partial charge on any atom is -0.222 e. The summed E-state index contributed by atoms with van der Waals surface area (Å²) in [6.45, 7) is 0. The topological polar surface area (TPSA) is 62.9 Å². The molecule has 0 amide bonds. The minimum atomic E-state index is -3.88. The van der Waals surface area contributed by atoms with Gasteiger partial charge in [0.15, 0.2) is 5.69 Å². The van der Waals surface area contributed by atoms with E-state index in [4.69, 9.17) is 11.6 Å². The van der Waals surface area contributed by atoms with Crippen molar-refractivity contribution in [3.8, 4) is 6.07 Å². The van der Waals surface area contributed by atoms with Gasteiger partial charge in [0.05, 0.1) is 15.4 Å². The molecule has 4 nitrogen and oxygen atoms in total. The number of hydrogen-bond acceptors (Lipinski definition) is 3. The largest absolute Gasteiger partial charge is 0.269 e. The maximum atomic E-state index is 12.8. The van der Waals surface area contributed by atoms with E-state index < -0.39 is 10.0 Å². The van der Waals surface area contributed by atoms with Crippen molar-refractivity contribution >= 4 is 32.5 Å². The number of hydrogen-bond donors (Lipinski definition) is 0. The van der Waals surface area contributed by atoms with Gasteiger partial charge in [-0.2, -0.15) is 5.26 Å². The Hall–Kier alpha value is -2.29. The molecule has 6 heteroatoms. The van der Waals surface area contributed by atoms with Crippen LogP contribution in [0.25, 0.3) is 10.9 Å². The summed E-state index contributed by atoms with van der Waals surface area (Å²) in [5.41, 5.74) is 0.310. The van der Waals surface area contributed by atoms with E-state index in [0.29, 0.717) is 10.9 Å². The Morgan fingerprint density at radius 2 is 1.62 bits per heavy atom. The summed E-state index contributed by atoms with van der Waals surface area (Å²) >= 11 is 6.15. The van der Waals surface area contributed by atoms with Crippen LogP contribution in [-0.2, 0) is 10.0 Å². The highest BCUT2D eigenvalue weighted by atomic mass is 35.5. The SMILES string of the molecule is N#Cc1c(Cl)c2ccccc2n1S(=O)(=O)c1ccccc1. The number of para-hydroxylation sites is 1. The van der Waals surface area contributed by atoms with E-state index in [1.165, 1.54) is 12.1 Å². The number of benzene rings is 2. The minimum absolute atomic E-state index is 0.0817. The Morgan fingerprint density at radius 1 is 1.00 bits per heavy atom. The van der Waals surface area contributed by atoms with Crippen molar-refractivity contribution in [1.29, 1.82) is 5.26 Å². The van der Waals surface area contributed by atoms with Crippen molar-refractivity contribution in [2.75, 3.05) is 0 Å². The second-order valence-electron chi connectivity index (χ2n) is 4.37. The molecule has 0 spiro atoms. The van der Waals surface area contributed by atoms with Gasteiger partial charge in [-0.3, -0.25) is 0 Å². The van der Waals surface area contributed by atoms with Crippen molar-refractivity contribution in [2.45, 2.75) is 4.90 Å². The maximum Gasteiger partial charge on any atom is 0.269 e. The van der Waals surface area contributed by atoms with Crippen LogP contribution < -0.4 is 0 Å². The van der Waals surface area contributed by atoms with Gasteiger partial charge in [-0.25, -0.2) is 12.4 Å². The summed E-state index contributed by atoms with van der Waals surface area (Å²) in [7, 11) is -3.88. The van der Waals surface area contributed by atoms with Crippen LogP contribution in [0.1, 0.15) is 5.69 Å². The van der Waals surface area contributed by atoms with Crippen molar-refractivity contribution < 1.29 is 8.42 Å². The van der Waals surface area contributed by atoms with Crippen LogP contribution in [0.3, 0.4) is 0 Å². The summed E-state index contributed by atoms with van der Waals surface area (Å²) in [5.74, 6) is 0. The summed E-state index contributed by atoms with van der Waals surface area (Å²) in [6.07, 6.45) is 0. The summed E-state index contributed by atoms with van der Waals surface area (Å²) < 4.78 is 26.6. The Bertz CT molecular complexity index is 970. The molecular weight excluding hydrogens is 308 g/mol. The van der Waals surface area contributed by atoms with E-state index in [1.807, 2.05) is 6.07 Å². The Balaban J connectivity index is 2.44. The van der Waals surface area contributed by atoms with Crippen LogP contribution in [-0.4, -0.2) is 12.4 Å². The van der Waals surface area contributed by atoms with E-state index in [0.717, 1.165) is 3.97 Å². The van der Waals surface area contributed by atoms with Crippen LogP contribution in [0.5, 0.6) is 0 Å². The summed E-state index contributed by atoms with van der Waals surface area (Å²) in [4.78, 5) is 0.110. The fourth-order valence-corrected chi connectivity index (χ4v) is 4.05. The summed E-state index contributed by atoms with van der Waals surface area (Å²) in [6, 6.07) is 16.6. The molecule has 0 N–H and O–H groups in total. The zero-order chi connectivity index (χ0) is 15.0. The van der Waals surface area contributed by atoms with Crippen LogP contribution in [0.15, 0.2) is 59.5 Å². The molecule has 0 aliphatic heterocycles. The van der Waals surface area contributed by atoms with Crippen molar-refractivity contribution in [1.82, 2.24) is 3.97 Å². The lowest BCUT2D eigenvalue weighted by molar-refractivity contribution is 0.588. The Labute approximate surface area is 126 Å². The monoisotopic (exact) mass is 316 g/mol. The first-order valence-corrected chi connectivity index (χ1v) is 7.89. The van der Waals surface area contributed by atoms with Gasteiger partial charge in [0.1, 0.15) is 6.07 Å². The lowest BCUT2D eigenvalue weighted by atomic mass is 10.2. The smallest absolute Gasteiger partial charge is 0.222 e. The molecule has 1 heterocycles. The Kier molecular flexibility index (Phi) is 3.20. The van der Waals surface area contributed by atoms with Crippen molar-refractivity contribution in [3.63, 3.8) is 0 Å². The highest BCUT2D eigenvalue weighted by Gasteiger charge is 2.25. The predicted octanol–water partition coefficient (Wildman–Crippen LogP) is 3.40. The fourth-order valence-electron chi connectivity index (χ4n) is 2.22. The third-order valence-corrected chi connectivity index (χ3v) is 5.27. The molecule has 1 aromatic heterocycles. The number of rotatable bonds is 2. The van der Waals surface area contributed by atoms with Crippen LogP contribution in [0.4, 0.5) is 0 Å². The molecule has 0 fully saturated rings. The number of nitriles is 1. The number of aromatic nitrogens is 1. The van der Waals surface area contributed by atoms with Crippen molar-refractivity contribution in [3.05, 3.63) is 65.3 Å². The van der Waals surface area contributed by atoms with Crippen LogP contribution in [0, 0.1) is 11.3 Å². The second kappa shape index (κ2) is 4.92. The maximum absolute atomic E-state index is 12.8. The van der Waals surface area contributed by atoms with E-state index in [-0.39, 0.29) is 15.6 Å². The lowest BCUT2D eigenvalue weighted by Gasteiger charge is -2.08. The van der Waals surface area contributed by atoms with E-state index in [1.54, 1.807) is 42.5 Å². The molecule has 0 atom stereocenters. The quantitative estimate of drug-likeness (QED) is 0.728. The molecule has 0 saturated carbocycles. The highest BCUT2D eigenvalue weighted by Crippen LogP contribution is 2.33. The average molecular weight is 317 g/mol. The number of fused-ring (bicyclic) bond motifs is 1. The molecule has 0 bridgehead atoms. The fraction of sp³-hybridized carbons (Fsp3) is 0. The first-order valence-electron chi connectivity index (χ1n) is 6.07. The average Bonchev–Trinajstić information content (AvgIpc) is 2.81. The van der Waals surface area contributed by atoms with Gasteiger partial charge in [0.25, 0.3) is 10.0 Å². The molecule has 104 valence electrons. The molecule has 3 aromatic rings. The first kappa shape index (κ1) is 13.7. The van der Waals surface area contributed by atoms with Gasteiger partial charge in [0, 0.05) is 5.39 Å². The number of nitrogens with zero attached hydrogens (tertiary/aromatic N) is 2. The second-order valence-corrected chi connectivity index (χ2v) is 6.54. The molecular formula is C15H9ClN2O2S. The Morgan fingerprint density at radius 3 is 2.29 bits per heavy atom. The number of halogens is 1. The molecule has 0 saturated heterocycles. The zero-order valence-electron chi connectivity index (χ0n) is 10.7.